The van der Waals surface area contributed by atoms with Crippen LogP contribution in [0.2, 0.25) is 10.0 Å². The predicted molar refractivity (Wildman–Crippen MR) is 122 cm³/mol. The average Bonchev–Trinajstić information content (AvgIpc) is 2.55. The number of hydrogen-bond donors (Lipinski definition) is 3. The standard InChI is InChI=1S/C16H11BrCl5N3OS/c17-10-3-1-2-4-12(10)23-15(27)25-14(16(20,21)22)24-13(26)9-6-5-8(18)7-11(9)19/h1-7,14H,(H,24,26)(H2,23,25,27). The van der Waals surface area contributed by atoms with E-state index in [1.54, 1.807) is 6.07 Å². The number of halogens is 6. The lowest BCUT2D eigenvalue weighted by atomic mass is 10.2. The number of carbonyl (C=O) groups is 1. The molecule has 0 radical (unpaired) electrons. The molecule has 0 saturated heterocycles. The summed E-state index contributed by atoms with van der Waals surface area (Å²) in [6.45, 7) is 0. The van der Waals surface area contributed by atoms with Crippen molar-refractivity contribution < 1.29 is 4.79 Å². The second kappa shape index (κ2) is 9.83. The fraction of sp³-hybridized carbons (Fsp3) is 0.125. The van der Waals surface area contributed by atoms with Crippen molar-refractivity contribution in [1.82, 2.24) is 10.6 Å². The van der Waals surface area contributed by atoms with Crippen LogP contribution in [-0.2, 0) is 0 Å². The highest BCUT2D eigenvalue weighted by molar-refractivity contribution is 9.10. The van der Waals surface area contributed by atoms with E-state index in [0.29, 0.717) is 10.7 Å². The van der Waals surface area contributed by atoms with Crippen LogP contribution in [0, 0.1) is 0 Å². The maximum absolute atomic E-state index is 12.5. The second-order valence-electron chi connectivity index (χ2n) is 5.15. The fourth-order valence-corrected chi connectivity index (χ4v) is 3.37. The van der Waals surface area contributed by atoms with Crippen LogP contribution in [0.1, 0.15) is 10.4 Å². The Morgan fingerprint density at radius 1 is 1.07 bits per heavy atom. The van der Waals surface area contributed by atoms with Gasteiger partial charge in [0.1, 0.15) is 6.17 Å². The molecule has 0 heterocycles. The van der Waals surface area contributed by atoms with Crippen molar-refractivity contribution in [3.05, 3.63) is 62.5 Å². The number of para-hydroxylation sites is 1. The molecule has 2 aromatic carbocycles. The summed E-state index contributed by atoms with van der Waals surface area (Å²) in [4.78, 5) is 12.5. The number of alkyl halides is 3. The normalized spacial score (nSPS) is 12.2. The first-order chi connectivity index (χ1) is 12.6. The molecular formula is C16H11BrCl5N3OS. The molecule has 0 spiro atoms. The Bertz CT molecular complexity index is 862. The Labute approximate surface area is 195 Å². The third-order valence-electron chi connectivity index (χ3n) is 3.18. The van der Waals surface area contributed by atoms with Gasteiger partial charge in [-0.2, -0.15) is 0 Å². The van der Waals surface area contributed by atoms with E-state index in [2.05, 4.69) is 31.9 Å². The van der Waals surface area contributed by atoms with Crippen molar-refractivity contribution in [2.75, 3.05) is 5.32 Å². The summed E-state index contributed by atoms with van der Waals surface area (Å²) in [7, 11) is 0. The van der Waals surface area contributed by atoms with Crippen LogP contribution in [0.25, 0.3) is 0 Å². The minimum Gasteiger partial charge on any atom is -0.339 e. The summed E-state index contributed by atoms with van der Waals surface area (Å²) in [5.74, 6) is -0.566. The molecule has 0 aromatic heterocycles. The predicted octanol–water partition coefficient (Wildman–Crippen LogP) is 6.17. The van der Waals surface area contributed by atoms with E-state index in [1.165, 1.54) is 18.2 Å². The summed E-state index contributed by atoms with van der Waals surface area (Å²) in [6, 6.07) is 11.7. The smallest absolute Gasteiger partial charge is 0.254 e. The van der Waals surface area contributed by atoms with E-state index < -0.39 is 15.9 Å². The molecule has 3 N–H and O–H groups in total. The van der Waals surface area contributed by atoms with Crippen molar-refractivity contribution in [2.45, 2.75) is 9.96 Å². The molecule has 2 aromatic rings. The third kappa shape index (κ3) is 6.82. The summed E-state index contributed by atoms with van der Waals surface area (Å²) >= 11 is 38.4. The van der Waals surface area contributed by atoms with Crippen molar-refractivity contribution in [2.24, 2.45) is 0 Å². The molecule has 1 amide bonds. The van der Waals surface area contributed by atoms with Gasteiger partial charge in [-0.3, -0.25) is 4.79 Å². The van der Waals surface area contributed by atoms with Gasteiger partial charge in [0.25, 0.3) is 5.91 Å². The molecule has 0 aliphatic carbocycles. The average molecular weight is 551 g/mol. The number of benzene rings is 2. The lowest BCUT2D eigenvalue weighted by Gasteiger charge is -2.28. The maximum Gasteiger partial charge on any atom is 0.254 e. The van der Waals surface area contributed by atoms with Crippen LogP contribution >= 0.6 is 86.2 Å². The van der Waals surface area contributed by atoms with Crippen LogP contribution in [0.3, 0.4) is 0 Å². The fourth-order valence-electron chi connectivity index (χ4n) is 1.93. The minimum absolute atomic E-state index is 0.140. The molecule has 0 saturated carbocycles. The van der Waals surface area contributed by atoms with Gasteiger partial charge in [-0.05, 0) is 58.5 Å². The van der Waals surface area contributed by atoms with Gasteiger partial charge in [-0.1, -0.05) is 70.1 Å². The zero-order valence-electron chi connectivity index (χ0n) is 13.2. The number of anilines is 1. The van der Waals surface area contributed by atoms with Crippen molar-refractivity contribution in [3.8, 4) is 0 Å². The molecule has 4 nitrogen and oxygen atoms in total. The van der Waals surface area contributed by atoms with E-state index >= 15 is 0 Å². The molecule has 144 valence electrons. The first-order valence-electron chi connectivity index (χ1n) is 7.22. The Morgan fingerprint density at radius 2 is 1.74 bits per heavy atom. The van der Waals surface area contributed by atoms with Gasteiger partial charge < -0.3 is 16.0 Å². The number of rotatable bonds is 4. The highest BCUT2D eigenvalue weighted by atomic mass is 79.9. The van der Waals surface area contributed by atoms with E-state index in [-0.39, 0.29) is 15.7 Å². The Balaban J connectivity index is 2.12. The number of amides is 1. The molecule has 0 aliphatic rings. The van der Waals surface area contributed by atoms with Gasteiger partial charge in [0.05, 0.1) is 16.3 Å². The minimum atomic E-state index is -1.89. The highest BCUT2D eigenvalue weighted by Gasteiger charge is 2.35. The van der Waals surface area contributed by atoms with Crippen molar-refractivity contribution >= 4 is 103 Å². The summed E-state index contributed by atoms with van der Waals surface area (Å²) in [5.41, 5.74) is 0.872. The van der Waals surface area contributed by atoms with Gasteiger partial charge >= 0.3 is 0 Å². The largest absolute Gasteiger partial charge is 0.339 e. The van der Waals surface area contributed by atoms with Gasteiger partial charge in [0.15, 0.2) is 5.11 Å². The number of thiocarbonyl (C=S) groups is 1. The number of nitrogens with one attached hydrogen (secondary N) is 3. The van der Waals surface area contributed by atoms with E-state index in [0.717, 1.165) is 4.47 Å². The lowest BCUT2D eigenvalue weighted by molar-refractivity contribution is 0.0934. The topological polar surface area (TPSA) is 53.2 Å². The monoisotopic (exact) mass is 547 g/mol. The molecule has 0 fully saturated rings. The molecule has 2 rings (SSSR count). The Hall–Kier alpha value is -0.470. The zero-order chi connectivity index (χ0) is 20.2. The number of hydrogen-bond acceptors (Lipinski definition) is 2. The van der Waals surface area contributed by atoms with E-state index in [4.69, 9.17) is 70.2 Å². The quantitative estimate of drug-likeness (QED) is 0.242. The second-order valence-corrected chi connectivity index (χ2v) is 9.63. The SMILES string of the molecule is O=C(NC(NC(=S)Nc1ccccc1Br)C(Cl)(Cl)Cl)c1ccc(Cl)cc1Cl. The van der Waals surface area contributed by atoms with E-state index in [1.807, 2.05) is 18.2 Å². The van der Waals surface area contributed by atoms with Crippen LogP contribution in [0.5, 0.6) is 0 Å². The van der Waals surface area contributed by atoms with Crippen molar-refractivity contribution in [1.29, 1.82) is 0 Å². The third-order valence-corrected chi connectivity index (χ3v) is 5.29. The first-order valence-corrected chi connectivity index (χ1v) is 10.3. The van der Waals surface area contributed by atoms with Gasteiger partial charge in [-0.15, -0.1) is 0 Å². The first kappa shape index (κ1) is 22.8. The molecule has 27 heavy (non-hydrogen) atoms. The molecule has 1 atom stereocenters. The van der Waals surface area contributed by atoms with E-state index in [9.17, 15) is 4.79 Å². The Kier molecular flexibility index (Phi) is 8.31. The van der Waals surface area contributed by atoms with Crippen LogP contribution in [-0.4, -0.2) is 21.0 Å². The summed E-state index contributed by atoms with van der Waals surface area (Å²) in [5, 5.41) is 8.96. The number of carbonyl (C=O) groups excluding carboxylic acids is 1. The Morgan fingerprint density at radius 3 is 2.33 bits per heavy atom. The molecule has 0 bridgehead atoms. The molecule has 11 heteroatoms. The van der Waals surface area contributed by atoms with Crippen LogP contribution in [0.15, 0.2) is 46.9 Å². The lowest BCUT2D eigenvalue weighted by Crippen LogP contribution is -2.56. The highest BCUT2D eigenvalue weighted by Crippen LogP contribution is 2.30. The molecule has 0 aliphatic heterocycles. The molecule has 1 unspecified atom stereocenters. The van der Waals surface area contributed by atoms with Gasteiger partial charge in [0.2, 0.25) is 3.79 Å². The zero-order valence-corrected chi connectivity index (χ0v) is 19.4. The summed E-state index contributed by atoms with van der Waals surface area (Å²) in [6.07, 6.45) is -1.13. The van der Waals surface area contributed by atoms with Crippen molar-refractivity contribution in [3.63, 3.8) is 0 Å². The summed E-state index contributed by atoms with van der Waals surface area (Å²) < 4.78 is -1.11. The molecular weight excluding hydrogens is 539 g/mol. The van der Waals surface area contributed by atoms with Crippen LogP contribution in [0.4, 0.5) is 5.69 Å². The van der Waals surface area contributed by atoms with Gasteiger partial charge in [-0.25, -0.2) is 0 Å². The van der Waals surface area contributed by atoms with Gasteiger partial charge in [0, 0.05) is 9.50 Å². The maximum atomic E-state index is 12.5. The van der Waals surface area contributed by atoms with Crippen LogP contribution < -0.4 is 16.0 Å².